The summed E-state index contributed by atoms with van der Waals surface area (Å²) in [5, 5.41) is 11.2. The molecule has 0 aliphatic carbocycles. The van der Waals surface area contributed by atoms with Crippen LogP contribution in [0.2, 0.25) is 0 Å². The van der Waals surface area contributed by atoms with Crippen LogP contribution in [-0.2, 0) is 16.0 Å². The highest BCUT2D eigenvalue weighted by Gasteiger charge is 2.19. The lowest BCUT2D eigenvalue weighted by atomic mass is 10.1. The normalized spacial score (nSPS) is 11.9. The van der Waals surface area contributed by atoms with E-state index < -0.39 is 17.8 Å². The van der Waals surface area contributed by atoms with E-state index >= 15 is 0 Å². The van der Waals surface area contributed by atoms with Crippen molar-refractivity contribution in [1.82, 2.24) is 5.32 Å². The monoisotopic (exact) mass is 299 g/mol. The lowest BCUT2D eigenvalue weighted by Crippen LogP contribution is -2.34. The van der Waals surface area contributed by atoms with Crippen LogP contribution in [0.4, 0.5) is 0 Å². The number of halogens is 1. The fraction of sp³-hybridized carbons (Fsp3) is 0.333. The van der Waals surface area contributed by atoms with Crippen molar-refractivity contribution in [3.8, 4) is 0 Å². The van der Waals surface area contributed by atoms with Crippen LogP contribution in [0.3, 0.4) is 0 Å². The molecule has 1 aromatic carbocycles. The number of amides is 1. The number of carbonyl (C=O) groups excluding carboxylic acids is 1. The van der Waals surface area contributed by atoms with Gasteiger partial charge in [-0.1, -0.05) is 28.1 Å². The molecule has 2 N–H and O–H groups in total. The average molecular weight is 300 g/mol. The molecule has 1 amide bonds. The van der Waals surface area contributed by atoms with Crippen molar-refractivity contribution in [2.75, 3.05) is 6.54 Å². The Morgan fingerprint density at radius 3 is 2.76 bits per heavy atom. The molecule has 0 saturated heterocycles. The van der Waals surface area contributed by atoms with Crippen molar-refractivity contribution in [3.05, 3.63) is 34.3 Å². The van der Waals surface area contributed by atoms with Crippen LogP contribution in [0.25, 0.3) is 0 Å². The van der Waals surface area contributed by atoms with Gasteiger partial charge >= 0.3 is 5.97 Å². The molecule has 0 spiro atoms. The molecular weight excluding hydrogens is 286 g/mol. The van der Waals surface area contributed by atoms with Crippen LogP contribution in [-0.4, -0.2) is 23.5 Å². The van der Waals surface area contributed by atoms with Crippen molar-refractivity contribution >= 4 is 27.8 Å². The van der Waals surface area contributed by atoms with Gasteiger partial charge in [-0.15, -0.1) is 0 Å². The van der Waals surface area contributed by atoms with Crippen LogP contribution in [0, 0.1) is 5.92 Å². The van der Waals surface area contributed by atoms with Crippen LogP contribution < -0.4 is 5.32 Å². The number of carbonyl (C=O) groups is 2. The predicted molar refractivity (Wildman–Crippen MR) is 67.7 cm³/mol. The first kappa shape index (κ1) is 13.7. The Hall–Kier alpha value is -1.36. The second-order valence-corrected chi connectivity index (χ2v) is 4.65. The van der Waals surface area contributed by atoms with Gasteiger partial charge in [0.05, 0.1) is 0 Å². The summed E-state index contributed by atoms with van der Waals surface area (Å²) >= 11 is 3.36. The molecule has 0 aromatic heterocycles. The molecule has 0 fully saturated rings. The Bertz CT molecular complexity index is 420. The molecule has 1 rings (SSSR count). The molecule has 1 aromatic rings. The first-order chi connectivity index (χ1) is 8.00. The largest absolute Gasteiger partial charge is 0.481 e. The number of aliphatic carboxylic acids is 1. The van der Waals surface area contributed by atoms with Gasteiger partial charge in [0.25, 0.3) is 0 Å². The maximum atomic E-state index is 11.3. The Morgan fingerprint density at radius 2 is 2.18 bits per heavy atom. The summed E-state index contributed by atoms with van der Waals surface area (Å²) < 4.78 is 0.986. The van der Waals surface area contributed by atoms with Crippen molar-refractivity contribution in [2.45, 2.75) is 13.3 Å². The minimum Gasteiger partial charge on any atom is -0.481 e. The predicted octanol–water partition coefficient (Wildman–Crippen LogP) is 1.83. The van der Waals surface area contributed by atoms with Gasteiger partial charge in [-0.25, -0.2) is 0 Å². The van der Waals surface area contributed by atoms with E-state index in [1.54, 1.807) is 0 Å². The van der Waals surface area contributed by atoms with E-state index in [0.717, 1.165) is 10.0 Å². The Labute approximate surface area is 108 Å². The first-order valence-electron chi connectivity index (χ1n) is 5.25. The molecule has 0 radical (unpaired) electrons. The van der Waals surface area contributed by atoms with E-state index in [2.05, 4.69) is 21.2 Å². The molecule has 0 bridgehead atoms. The Morgan fingerprint density at radius 1 is 1.47 bits per heavy atom. The van der Waals surface area contributed by atoms with E-state index in [1.165, 1.54) is 6.92 Å². The van der Waals surface area contributed by atoms with E-state index in [-0.39, 0.29) is 0 Å². The maximum Gasteiger partial charge on any atom is 0.315 e. The fourth-order valence-corrected chi connectivity index (χ4v) is 1.73. The van der Waals surface area contributed by atoms with Crippen LogP contribution in [0.5, 0.6) is 0 Å². The summed E-state index contributed by atoms with van der Waals surface area (Å²) in [6.07, 6.45) is 0.678. The zero-order chi connectivity index (χ0) is 12.8. The Kier molecular flexibility index (Phi) is 5.15. The average Bonchev–Trinajstić information content (AvgIpc) is 2.27. The van der Waals surface area contributed by atoms with Crippen molar-refractivity contribution in [3.63, 3.8) is 0 Å². The van der Waals surface area contributed by atoms with Crippen molar-refractivity contribution in [1.29, 1.82) is 0 Å². The maximum absolute atomic E-state index is 11.3. The summed E-state index contributed by atoms with van der Waals surface area (Å²) in [5.74, 6) is -2.56. The lowest BCUT2D eigenvalue weighted by molar-refractivity contribution is -0.146. The van der Waals surface area contributed by atoms with Gasteiger partial charge in [0.1, 0.15) is 5.92 Å². The van der Waals surface area contributed by atoms with Gasteiger partial charge in [0.2, 0.25) is 5.91 Å². The van der Waals surface area contributed by atoms with Gasteiger partial charge in [-0.3, -0.25) is 9.59 Å². The zero-order valence-electron chi connectivity index (χ0n) is 9.44. The third kappa shape index (κ3) is 4.56. The minimum atomic E-state index is -1.11. The number of benzene rings is 1. The smallest absolute Gasteiger partial charge is 0.315 e. The van der Waals surface area contributed by atoms with E-state index in [4.69, 9.17) is 5.11 Å². The van der Waals surface area contributed by atoms with Crippen molar-refractivity contribution < 1.29 is 14.7 Å². The van der Waals surface area contributed by atoms with Crippen LogP contribution >= 0.6 is 15.9 Å². The molecule has 0 aliphatic heterocycles. The Balaban J connectivity index is 2.38. The van der Waals surface area contributed by atoms with Gasteiger partial charge in [0, 0.05) is 11.0 Å². The molecule has 0 heterocycles. The summed E-state index contributed by atoms with van der Waals surface area (Å²) in [6, 6.07) is 7.76. The minimum absolute atomic E-state index is 0.437. The summed E-state index contributed by atoms with van der Waals surface area (Å²) in [6.45, 7) is 1.81. The number of nitrogens with one attached hydrogen (secondary N) is 1. The summed E-state index contributed by atoms with van der Waals surface area (Å²) in [4.78, 5) is 21.9. The zero-order valence-corrected chi connectivity index (χ0v) is 11.0. The number of hydrogen-bond donors (Lipinski definition) is 2. The van der Waals surface area contributed by atoms with E-state index in [0.29, 0.717) is 13.0 Å². The van der Waals surface area contributed by atoms with Gasteiger partial charge in [0.15, 0.2) is 0 Å². The lowest BCUT2D eigenvalue weighted by Gasteiger charge is -2.08. The molecule has 4 nitrogen and oxygen atoms in total. The van der Waals surface area contributed by atoms with E-state index in [9.17, 15) is 9.59 Å². The molecular formula is C12H14BrNO3. The SMILES string of the molecule is CC(C(=O)O)C(=O)NCCc1cccc(Br)c1. The highest BCUT2D eigenvalue weighted by Crippen LogP contribution is 2.11. The molecule has 1 atom stereocenters. The first-order valence-corrected chi connectivity index (χ1v) is 6.05. The second-order valence-electron chi connectivity index (χ2n) is 3.73. The second kappa shape index (κ2) is 6.39. The van der Waals surface area contributed by atoms with Crippen LogP contribution in [0.15, 0.2) is 28.7 Å². The number of carboxylic acids is 1. The van der Waals surface area contributed by atoms with Gasteiger partial charge in [-0.2, -0.15) is 0 Å². The molecule has 17 heavy (non-hydrogen) atoms. The topological polar surface area (TPSA) is 66.4 Å². The highest BCUT2D eigenvalue weighted by atomic mass is 79.9. The summed E-state index contributed by atoms with van der Waals surface area (Å²) in [7, 11) is 0. The summed E-state index contributed by atoms with van der Waals surface area (Å²) in [5.41, 5.74) is 1.09. The van der Waals surface area contributed by atoms with Gasteiger partial charge in [-0.05, 0) is 31.0 Å². The molecule has 0 aliphatic rings. The fourth-order valence-electron chi connectivity index (χ4n) is 1.29. The molecule has 1 unspecified atom stereocenters. The number of hydrogen-bond acceptors (Lipinski definition) is 2. The van der Waals surface area contributed by atoms with Crippen LogP contribution in [0.1, 0.15) is 12.5 Å². The van der Waals surface area contributed by atoms with Crippen molar-refractivity contribution in [2.24, 2.45) is 5.92 Å². The molecule has 92 valence electrons. The van der Waals surface area contributed by atoms with Gasteiger partial charge < -0.3 is 10.4 Å². The standard InChI is InChI=1S/C12H14BrNO3/c1-8(12(16)17)11(15)14-6-5-9-3-2-4-10(13)7-9/h2-4,7-8H,5-6H2,1H3,(H,14,15)(H,16,17). The quantitative estimate of drug-likeness (QED) is 0.815. The third-order valence-corrected chi connectivity index (χ3v) is 2.86. The number of rotatable bonds is 5. The molecule has 5 heteroatoms. The highest BCUT2D eigenvalue weighted by molar-refractivity contribution is 9.10. The molecule has 0 saturated carbocycles. The third-order valence-electron chi connectivity index (χ3n) is 2.37. The number of carboxylic acid groups (broad SMARTS) is 1. The van der Waals surface area contributed by atoms with E-state index in [1.807, 2.05) is 24.3 Å².